The lowest BCUT2D eigenvalue weighted by molar-refractivity contribution is -0.220. The van der Waals surface area contributed by atoms with Crippen LogP contribution < -0.4 is 0 Å². The number of hydrogen-bond donors (Lipinski definition) is 6. The fraction of sp³-hybridized carbons (Fsp3) is 0.918. The molecule has 0 amide bonds. The summed E-state index contributed by atoms with van der Waals surface area (Å²) in [6.07, 6.45) is 29.7. The van der Waals surface area contributed by atoms with E-state index in [2.05, 4.69) is 26.0 Å². The van der Waals surface area contributed by atoms with Gasteiger partial charge in [0.05, 0.1) is 6.61 Å². The smallest absolute Gasteiger partial charge is 0.462 e. The molecule has 0 aromatic rings. The van der Waals surface area contributed by atoms with Crippen molar-refractivity contribution < 1.29 is 63.1 Å². The number of phosphoric acid groups is 1. The van der Waals surface area contributed by atoms with Crippen LogP contribution in [0, 0.1) is 0 Å². The van der Waals surface area contributed by atoms with Gasteiger partial charge >= 0.3 is 19.8 Å². The number of hydrogen-bond acceptors (Lipinski definition) is 12. The van der Waals surface area contributed by atoms with Crippen molar-refractivity contribution in [3.8, 4) is 0 Å². The average Bonchev–Trinajstić information content (AvgIpc) is 3.26. The monoisotopic (exact) mass is 921 g/mol. The quantitative estimate of drug-likeness (QED) is 0.0146. The standard InChI is InChI=1S/C49H93O13P/c1-3-5-7-9-11-13-15-17-19-20-21-22-24-25-27-29-31-33-35-37-42(50)59-39-41(40-60-63(57,58)62-49-47(55)45(53)44(52)46(54)48(49)56)61-43(51)38-36-34-32-30-28-26-23-18-16-14-12-10-8-6-4-2/h14,16,41,44-49,52-56H,3-13,15,17-40H2,1-2H3,(H,57,58)/b16-14+/t41-,44?,45-,46?,47?,48?,49?/m0/s1. The largest absolute Gasteiger partial charge is 0.472 e. The van der Waals surface area contributed by atoms with Crippen LogP contribution in [0.1, 0.15) is 232 Å². The molecule has 0 radical (unpaired) electrons. The number of esters is 2. The first-order valence-electron chi connectivity index (χ1n) is 25.5. The van der Waals surface area contributed by atoms with E-state index in [4.69, 9.17) is 18.5 Å². The molecule has 0 saturated heterocycles. The van der Waals surface area contributed by atoms with Gasteiger partial charge in [0.25, 0.3) is 0 Å². The van der Waals surface area contributed by atoms with E-state index < -0.39 is 75.7 Å². The van der Waals surface area contributed by atoms with Crippen molar-refractivity contribution >= 4 is 19.8 Å². The second-order valence-corrected chi connectivity index (χ2v) is 19.4. The van der Waals surface area contributed by atoms with Gasteiger partial charge in [-0.15, -0.1) is 0 Å². The van der Waals surface area contributed by atoms with Crippen LogP contribution in [-0.4, -0.2) is 98.3 Å². The van der Waals surface area contributed by atoms with Crippen molar-refractivity contribution in [2.75, 3.05) is 13.2 Å². The third-order valence-corrected chi connectivity index (χ3v) is 13.1. The number of ether oxygens (including phenoxy) is 2. The first-order valence-corrected chi connectivity index (χ1v) is 27.0. The van der Waals surface area contributed by atoms with Gasteiger partial charge in [-0.3, -0.25) is 18.6 Å². The summed E-state index contributed by atoms with van der Waals surface area (Å²) < 4.78 is 33.6. The Balaban J connectivity index is 2.38. The van der Waals surface area contributed by atoms with E-state index in [0.29, 0.717) is 12.8 Å². The Bertz CT molecular complexity index is 1160. The topological polar surface area (TPSA) is 210 Å². The summed E-state index contributed by atoms with van der Waals surface area (Å²) in [6, 6.07) is 0. The van der Waals surface area contributed by atoms with Crippen LogP contribution >= 0.6 is 7.82 Å². The Labute approximate surface area is 382 Å². The molecule has 14 heteroatoms. The normalized spacial score (nSPS) is 21.7. The second-order valence-electron chi connectivity index (χ2n) is 18.0. The zero-order valence-electron chi connectivity index (χ0n) is 39.6. The van der Waals surface area contributed by atoms with Gasteiger partial charge in [0.2, 0.25) is 0 Å². The molecule has 8 atom stereocenters. The van der Waals surface area contributed by atoms with Gasteiger partial charge in [0.1, 0.15) is 43.2 Å². The van der Waals surface area contributed by atoms with E-state index in [1.165, 1.54) is 135 Å². The van der Waals surface area contributed by atoms with Gasteiger partial charge in [-0.05, 0) is 38.5 Å². The van der Waals surface area contributed by atoms with Crippen LogP contribution in [-0.2, 0) is 32.7 Å². The van der Waals surface area contributed by atoms with E-state index in [1.54, 1.807) is 0 Å². The molecule has 0 heterocycles. The predicted molar refractivity (Wildman–Crippen MR) is 249 cm³/mol. The minimum atomic E-state index is -5.12. The average molecular weight is 921 g/mol. The van der Waals surface area contributed by atoms with E-state index in [0.717, 1.165) is 57.8 Å². The number of allylic oxidation sites excluding steroid dienone is 2. The second kappa shape index (κ2) is 39.7. The summed E-state index contributed by atoms with van der Waals surface area (Å²) in [7, 11) is -5.12. The molecule has 0 spiro atoms. The lowest BCUT2D eigenvalue weighted by atomic mass is 9.85. The fourth-order valence-corrected chi connectivity index (χ4v) is 8.96. The number of phosphoric ester groups is 1. The summed E-state index contributed by atoms with van der Waals surface area (Å²) in [4.78, 5) is 35.8. The lowest BCUT2D eigenvalue weighted by Gasteiger charge is -2.41. The molecule has 1 fully saturated rings. The van der Waals surface area contributed by atoms with Crippen molar-refractivity contribution in [1.29, 1.82) is 0 Å². The Morgan fingerprint density at radius 2 is 0.810 bits per heavy atom. The van der Waals surface area contributed by atoms with Gasteiger partial charge in [-0.2, -0.15) is 0 Å². The molecule has 13 nitrogen and oxygen atoms in total. The van der Waals surface area contributed by atoms with Crippen LogP contribution in [0.4, 0.5) is 0 Å². The zero-order valence-corrected chi connectivity index (χ0v) is 40.5. The first kappa shape index (κ1) is 59.6. The van der Waals surface area contributed by atoms with Gasteiger partial charge < -0.3 is 39.9 Å². The lowest BCUT2D eigenvalue weighted by Crippen LogP contribution is -2.64. The zero-order chi connectivity index (χ0) is 46.4. The predicted octanol–water partition coefficient (Wildman–Crippen LogP) is 10.6. The van der Waals surface area contributed by atoms with Crippen LogP contribution in [0.15, 0.2) is 12.2 Å². The molecule has 6 N–H and O–H groups in total. The van der Waals surface area contributed by atoms with E-state index in [-0.39, 0.29) is 12.8 Å². The highest BCUT2D eigenvalue weighted by Gasteiger charge is 2.51. The van der Waals surface area contributed by atoms with Crippen molar-refractivity contribution in [3.05, 3.63) is 12.2 Å². The van der Waals surface area contributed by atoms with E-state index in [9.17, 15) is 44.6 Å². The Morgan fingerprint density at radius 3 is 1.22 bits per heavy atom. The van der Waals surface area contributed by atoms with Crippen molar-refractivity contribution in [3.63, 3.8) is 0 Å². The van der Waals surface area contributed by atoms with Gasteiger partial charge in [0, 0.05) is 12.8 Å². The number of unbranched alkanes of at least 4 members (excludes halogenated alkanes) is 29. The maximum absolute atomic E-state index is 12.8. The molecule has 1 rings (SSSR count). The van der Waals surface area contributed by atoms with E-state index >= 15 is 0 Å². The summed E-state index contributed by atoms with van der Waals surface area (Å²) >= 11 is 0. The molecule has 0 aromatic carbocycles. The number of carbonyl (C=O) groups is 2. The summed E-state index contributed by atoms with van der Waals surface area (Å²) in [5, 5.41) is 50.2. The summed E-state index contributed by atoms with van der Waals surface area (Å²) in [6.45, 7) is 3.32. The maximum atomic E-state index is 12.8. The van der Waals surface area contributed by atoms with E-state index in [1.807, 2.05) is 0 Å². The van der Waals surface area contributed by atoms with Crippen molar-refractivity contribution in [1.82, 2.24) is 0 Å². The molecule has 0 aromatic heterocycles. The third-order valence-electron chi connectivity index (χ3n) is 12.1. The molecular weight excluding hydrogens is 828 g/mol. The molecule has 0 bridgehead atoms. The highest BCUT2D eigenvalue weighted by molar-refractivity contribution is 7.47. The van der Waals surface area contributed by atoms with Crippen molar-refractivity contribution in [2.24, 2.45) is 0 Å². The molecule has 372 valence electrons. The number of aliphatic hydroxyl groups is 5. The molecule has 63 heavy (non-hydrogen) atoms. The number of carbonyl (C=O) groups excluding carboxylic acids is 2. The Hall–Kier alpha value is -1.41. The van der Waals surface area contributed by atoms with Crippen LogP contribution in [0.25, 0.3) is 0 Å². The molecule has 0 aliphatic heterocycles. The first-order chi connectivity index (χ1) is 30.4. The van der Waals surface area contributed by atoms with Crippen LogP contribution in [0.5, 0.6) is 0 Å². The summed E-state index contributed by atoms with van der Waals surface area (Å²) in [5.74, 6) is -1.09. The number of aliphatic hydroxyl groups excluding tert-OH is 5. The van der Waals surface area contributed by atoms with Gasteiger partial charge in [-0.1, -0.05) is 193 Å². The van der Waals surface area contributed by atoms with Crippen LogP contribution in [0.3, 0.4) is 0 Å². The molecule has 1 aliphatic rings. The summed E-state index contributed by atoms with van der Waals surface area (Å²) in [5.41, 5.74) is 0. The van der Waals surface area contributed by atoms with Crippen LogP contribution in [0.2, 0.25) is 0 Å². The molecule has 6 unspecified atom stereocenters. The maximum Gasteiger partial charge on any atom is 0.472 e. The Morgan fingerprint density at radius 1 is 0.476 bits per heavy atom. The highest BCUT2D eigenvalue weighted by atomic mass is 31.2. The van der Waals surface area contributed by atoms with Crippen molar-refractivity contribution in [2.45, 2.75) is 275 Å². The molecular formula is C49H93O13P. The van der Waals surface area contributed by atoms with Gasteiger partial charge in [-0.25, -0.2) is 4.57 Å². The third kappa shape index (κ3) is 32.0. The minimum Gasteiger partial charge on any atom is -0.462 e. The Kier molecular flexibility index (Phi) is 37.6. The SMILES string of the molecule is CCCCCC/C=C/CCCCCCCCCC(=O)O[C@@H](COC(=O)CCCCCCCCCCCCCCCCCCCCC)COP(=O)(O)OC1C(O)C(O)C(O)[C@H](O)C1O. The highest BCUT2D eigenvalue weighted by Crippen LogP contribution is 2.47. The van der Waals surface area contributed by atoms with Gasteiger partial charge in [0.15, 0.2) is 6.10 Å². The molecule has 1 aliphatic carbocycles. The fourth-order valence-electron chi connectivity index (χ4n) is 7.99. The minimum absolute atomic E-state index is 0.0959. The number of rotatable bonds is 43. The molecule has 1 saturated carbocycles.